The average molecular weight is 371 g/mol. The van der Waals surface area contributed by atoms with Crippen LogP contribution in [0.3, 0.4) is 0 Å². The third-order valence-corrected chi connectivity index (χ3v) is 5.49. The zero-order valence-electron chi connectivity index (χ0n) is 15.7. The highest BCUT2D eigenvalue weighted by Gasteiger charge is 2.52. The number of imide groups is 1. The van der Waals surface area contributed by atoms with Crippen LogP contribution in [-0.4, -0.2) is 40.6 Å². The van der Waals surface area contributed by atoms with Gasteiger partial charge in [0.1, 0.15) is 5.54 Å². The van der Waals surface area contributed by atoms with Crippen LogP contribution in [-0.2, 0) is 9.59 Å². The summed E-state index contributed by atoms with van der Waals surface area (Å²) in [5.41, 5.74) is 0.157. The number of hydrogen-bond donors (Lipinski definition) is 2. The monoisotopic (exact) mass is 371 g/mol. The van der Waals surface area contributed by atoms with E-state index in [-0.39, 0.29) is 24.1 Å². The Balaban J connectivity index is 1.66. The molecule has 27 heavy (non-hydrogen) atoms. The highest BCUT2D eigenvalue weighted by atomic mass is 16.2. The number of amides is 4. The molecule has 1 heterocycles. The lowest BCUT2D eigenvalue weighted by Crippen LogP contribution is -2.49. The van der Waals surface area contributed by atoms with E-state index in [0.29, 0.717) is 36.4 Å². The van der Waals surface area contributed by atoms with Crippen LogP contribution in [0.1, 0.15) is 56.3 Å². The van der Waals surface area contributed by atoms with E-state index >= 15 is 0 Å². The fraction of sp³-hybridized carbons (Fsp3) is 0.500. The number of hydrogen-bond acceptors (Lipinski definition) is 4. The number of Topliss-reactive ketones (excluding diaryl/α,β-unsaturated/α-hetero) is 1. The van der Waals surface area contributed by atoms with Gasteiger partial charge in [0.25, 0.3) is 5.91 Å². The highest BCUT2D eigenvalue weighted by Crippen LogP contribution is 2.36. The summed E-state index contributed by atoms with van der Waals surface area (Å²) >= 11 is 0. The molecule has 1 spiro atoms. The molecule has 1 aliphatic heterocycles. The Morgan fingerprint density at radius 1 is 1.19 bits per heavy atom. The van der Waals surface area contributed by atoms with Crippen LogP contribution in [0, 0.1) is 5.92 Å². The van der Waals surface area contributed by atoms with E-state index < -0.39 is 11.6 Å². The van der Waals surface area contributed by atoms with Crippen molar-refractivity contribution in [3.8, 4) is 0 Å². The number of nitrogens with one attached hydrogen (secondary N) is 2. The van der Waals surface area contributed by atoms with Gasteiger partial charge in [-0.25, -0.2) is 4.79 Å². The lowest BCUT2D eigenvalue weighted by Gasteiger charge is -2.33. The second-order valence-electron chi connectivity index (χ2n) is 7.49. The number of urea groups is 1. The van der Waals surface area contributed by atoms with Crippen LogP contribution in [0.4, 0.5) is 10.5 Å². The molecule has 0 aromatic heterocycles. The van der Waals surface area contributed by atoms with Gasteiger partial charge in [-0.3, -0.25) is 19.3 Å². The van der Waals surface area contributed by atoms with Gasteiger partial charge in [0.15, 0.2) is 5.78 Å². The predicted molar refractivity (Wildman–Crippen MR) is 100 cm³/mol. The summed E-state index contributed by atoms with van der Waals surface area (Å²) in [7, 11) is 0. The minimum absolute atomic E-state index is 0.111. The maximum absolute atomic E-state index is 12.8. The normalized spacial score (nSPS) is 24.8. The highest BCUT2D eigenvalue weighted by molar-refractivity contribution is 6.11. The summed E-state index contributed by atoms with van der Waals surface area (Å²) in [5.74, 6) is -0.170. The second-order valence-corrected chi connectivity index (χ2v) is 7.49. The van der Waals surface area contributed by atoms with Gasteiger partial charge in [0.2, 0.25) is 5.91 Å². The molecule has 4 amide bonds. The quantitative estimate of drug-likeness (QED) is 0.614. The van der Waals surface area contributed by atoms with Gasteiger partial charge < -0.3 is 10.6 Å². The zero-order valence-corrected chi connectivity index (χ0v) is 15.7. The maximum Gasteiger partial charge on any atom is 0.325 e. The molecular formula is C20H25N3O4. The van der Waals surface area contributed by atoms with Gasteiger partial charge in [0.05, 0.1) is 6.54 Å². The molecule has 7 heteroatoms. The van der Waals surface area contributed by atoms with Crippen LogP contribution in [0.5, 0.6) is 0 Å². The first-order valence-corrected chi connectivity index (χ1v) is 9.42. The van der Waals surface area contributed by atoms with Crippen molar-refractivity contribution in [2.45, 2.75) is 51.5 Å². The fourth-order valence-corrected chi connectivity index (χ4v) is 3.64. The zero-order chi connectivity index (χ0) is 19.6. The molecule has 0 bridgehead atoms. The Morgan fingerprint density at radius 2 is 1.81 bits per heavy atom. The Labute approximate surface area is 158 Å². The average Bonchev–Trinajstić information content (AvgIpc) is 2.89. The Morgan fingerprint density at radius 3 is 2.41 bits per heavy atom. The molecule has 0 atom stereocenters. The first-order chi connectivity index (χ1) is 12.8. The molecule has 144 valence electrons. The van der Waals surface area contributed by atoms with Crippen LogP contribution in [0.15, 0.2) is 24.3 Å². The van der Waals surface area contributed by atoms with Crippen molar-refractivity contribution in [1.29, 1.82) is 0 Å². The Kier molecular flexibility index (Phi) is 5.30. The van der Waals surface area contributed by atoms with E-state index in [9.17, 15) is 19.2 Å². The van der Waals surface area contributed by atoms with Gasteiger partial charge >= 0.3 is 6.03 Å². The Hall–Kier alpha value is -2.70. The van der Waals surface area contributed by atoms with E-state index in [1.165, 1.54) is 0 Å². The second kappa shape index (κ2) is 7.50. The summed E-state index contributed by atoms with van der Waals surface area (Å²) in [6.07, 6.45) is 3.38. The van der Waals surface area contributed by atoms with Crippen molar-refractivity contribution in [3.05, 3.63) is 29.8 Å². The first-order valence-electron chi connectivity index (χ1n) is 9.42. The molecule has 1 aliphatic carbocycles. The topological polar surface area (TPSA) is 95.6 Å². The fourth-order valence-electron chi connectivity index (χ4n) is 3.64. The number of benzene rings is 1. The number of rotatable bonds is 5. The van der Waals surface area contributed by atoms with E-state index in [4.69, 9.17) is 0 Å². The standard InChI is InChI=1S/C20H25N3O4/c1-3-17(25)21-15-6-4-14(5-7-15)16(24)12-23-18(26)20(22-19(23)27)10-8-13(2)9-11-20/h4-7,13H,3,8-12H2,1-2H3,(H,21,25)(H,22,27). The number of anilines is 1. The van der Waals surface area contributed by atoms with Crippen LogP contribution in [0.2, 0.25) is 0 Å². The van der Waals surface area contributed by atoms with Gasteiger partial charge in [-0.1, -0.05) is 13.8 Å². The number of carbonyl (C=O) groups excluding carboxylic acids is 4. The summed E-state index contributed by atoms with van der Waals surface area (Å²) < 4.78 is 0. The largest absolute Gasteiger partial charge is 0.326 e. The van der Waals surface area contributed by atoms with Gasteiger partial charge in [0, 0.05) is 17.7 Å². The number of nitrogens with zero attached hydrogens (tertiary/aromatic N) is 1. The van der Waals surface area contributed by atoms with Crippen molar-refractivity contribution in [2.75, 3.05) is 11.9 Å². The minimum atomic E-state index is -0.835. The molecule has 0 unspecified atom stereocenters. The predicted octanol–water partition coefficient (Wildman–Crippen LogP) is 2.72. The molecule has 7 nitrogen and oxygen atoms in total. The van der Waals surface area contributed by atoms with E-state index in [0.717, 1.165) is 17.7 Å². The maximum atomic E-state index is 12.8. The van der Waals surface area contributed by atoms with Crippen molar-refractivity contribution < 1.29 is 19.2 Å². The van der Waals surface area contributed by atoms with Crippen molar-refractivity contribution >= 4 is 29.3 Å². The number of carbonyl (C=O) groups is 4. The van der Waals surface area contributed by atoms with Gasteiger partial charge in [-0.2, -0.15) is 0 Å². The first kappa shape index (κ1) is 19.1. The third kappa shape index (κ3) is 3.86. The van der Waals surface area contributed by atoms with Crippen molar-refractivity contribution in [3.63, 3.8) is 0 Å². The molecule has 2 aliphatic rings. The third-order valence-electron chi connectivity index (χ3n) is 5.49. The SMILES string of the molecule is CCC(=O)Nc1ccc(C(=O)CN2C(=O)NC3(CCC(C)CC3)C2=O)cc1. The summed E-state index contributed by atoms with van der Waals surface area (Å²) in [6, 6.07) is 5.96. The lowest BCUT2D eigenvalue weighted by molar-refractivity contribution is -0.132. The Bertz CT molecular complexity index is 764. The van der Waals surface area contributed by atoms with Crippen LogP contribution in [0.25, 0.3) is 0 Å². The molecule has 1 saturated heterocycles. The lowest BCUT2D eigenvalue weighted by atomic mass is 9.77. The van der Waals surface area contributed by atoms with E-state index in [1.54, 1.807) is 31.2 Å². The summed E-state index contributed by atoms with van der Waals surface area (Å²) in [6.45, 7) is 3.62. The molecular weight excluding hydrogens is 346 g/mol. The molecule has 3 rings (SSSR count). The van der Waals surface area contributed by atoms with Crippen LogP contribution >= 0.6 is 0 Å². The molecule has 2 fully saturated rings. The smallest absolute Gasteiger partial charge is 0.325 e. The minimum Gasteiger partial charge on any atom is -0.326 e. The van der Waals surface area contributed by atoms with Crippen LogP contribution < -0.4 is 10.6 Å². The molecule has 0 radical (unpaired) electrons. The van der Waals surface area contributed by atoms with Gasteiger partial charge in [-0.15, -0.1) is 0 Å². The van der Waals surface area contributed by atoms with E-state index in [2.05, 4.69) is 17.6 Å². The molecule has 1 aromatic carbocycles. The molecule has 2 N–H and O–H groups in total. The summed E-state index contributed by atoms with van der Waals surface area (Å²) in [4.78, 5) is 50.1. The summed E-state index contributed by atoms with van der Waals surface area (Å²) in [5, 5.41) is 5.53. The molecule has 1 aromatic rings. The number of ketones is 1. The van der Waals surface area contributed by atoms with Crippen molar-refractivity contribution in [1.82, 2.24) is 10.2 Å². The molecule has 1 saturated carbocycles. The van der Waals surface area contributed by atoms with Gasteiger partial charge in [-0.05, 0) is 55.9 Å². The van der Waals surface area contributed by atoms with E-state index in [1.807, 2.05) is 0 Å². The van der Waals surface area contributed by atoms with Crippen molar-refractivity contribution in [2.24, 2.45) is 5.92 Å².